The van der Waals surface area contributed by atoms with Gasteiger partial charge in [-0.3, -0.25) is 9.69 Å². The molecule has 1 aliphatic rings. The van der Waals surface area contributed by atoms with Crippen LogP contribution in [0, 0.1) is 0 Å². The second-order valence-corrected chi connectivity index (χ2v) is 6.37. The summed E-state index contributed by atoms with van der Waals surface area (Å²) in [4.78, 5) is 26.2. The molecule has 1 heterocycles. The predicted octanol–water partition coefficient (Wildman–Crippen LogP) is 4.16. The molecule has 0 saturated heterocycles. The molecule has 0 aromatic heterocycles. The Morgan fingerprint density at radius 1 is 1.00 bits per heavy atom. The van der Waals surface area contributed by atoms with Crippen LogP contribution in [0.4, 0.5) is 11.4 Å². The number of hydrogen-bond acceptors (Lipinski definition) is 4. The van der Waals surface area contributed by atoms with Crippen molar-refractivity contribution in [3.05, 3.63) is 89.5 Å². The number of carboxylic acid groups (broad SMARTS) is 1. The first-order valence-corrected chi connectivity index (χ1v) is 8.75. The number of amides is 1. The number of ether oxygens (including phenoxy) is 1. The molecule has 3 aromatic rings. The smallest absolute Gasteiger partial charge is 0.335 e. The Kier molecular flexibility index (Phi) is 4.45. The third kappa shape index (κ3) is 2.95. The fourth-order valence-electron chi connectivity index (χ4n) is 3.37. The number of carboxylic acids is 1. The summed E-state index contributed by atoms with van der Waals surface area (Å²) < 4.78 is 5.47. The fourth-order valence-corrected chi connectivity index (χ4v) is 3.37. The average Bonchev–Trinajstić information content (AvgIpc) is 2.74. The third-order valence-corrected chi connectivity index (χ3v) is 4.74. The number of nitrogens with zero attached hydrogens (tertiary/aromatic N) is 1. The Balaban J connectivity index is 1.86. The number of anilines is 2. The van der Waals surface area contributed by atoms with Gasteiger partial charge in [0.15, 0.2) is 0 Å². The molecule has 2 N–H and O–H groups in total. The van der Waals surface area contributed by atoms with Crippen LogP contribution in [0.5, 0.6) is 5.75 Å². The van der Waals surface area contributed by atoms with Crippen LogP contribution >= 0.6 is 0 Å². The molecule has 0 aliphatic carbocycles. The Bertz CT molecular complexity index is 1050. The maximum Gasteiger partial charge on any atom is 0.335 e. The minimum atomic E-state index is -0.994. The molecule has 1 amide bonds. The SMILES string of the molecule is COc1ccccc1N1C(=O)c2ccccc2N[C@@H]1c1ccc(C(=O)O)cc1. The molecule has 0 saturated carbocycles. The molecule has 0 unspecified atom stereocenters. The molecule has 140 valence electrons. The Hall–Kier alpha value is -3.80. The molecule has 6 heteroatoms. The molecular weight excluding hydrogens is 356 g/mol. The van der Waals surface area contributed by atoms with E-state index < -0.39 is 12.1 Å². The van der Waals surface area contributed by atoms with Crippen LogP contribution in [0.15, 0.2) is 72.8 Å². The highest BCUT2D eigenvalue weighted by molar-refractivity contribution is 6.12. The first-order valence-electron chi connectivity index (χ1n) is 8.75. The number of aromatic carboxylic acids is 1. The number of benzene rings is 3. The zero-order valence-corrected chi connectivity index (χ0v) is 15.1. The number of fused-ring (bicyclic) bond motifs is 1. The molecule has 3 aromatic carbocycles. The van der Waals surface area contributed by atoms with E-state index in [-0.39, 0.29) is 11.5 Å². The van der Waals surface area contributed by atoms with Gasteiger partial charge < -0.3 is 15.2 Å². The van der Waals surface area contributed by atoms with Gasteiger partial charge >= 0.3 is 5.97 Å². The fraction of sp³-hybridized carbons (Fsp3) is 0.0909. The lowest BCUT2D eigenvalue weighted by Gasteiger charge is -2.38. The van der Waals surface area contributed by atoms with Crippen LogP contribution < -0.4 is 15.0 Å². The summed E-state index contributed by atoms with van der Waals surface area (Å²) in [6, 6.07) is 21.1. The lowest BCUT2D eigenvalue weighted by atomic mass is 10.0. The summed E-state index contributed by atoms with van der Waals surface area (Å²) in [6.07, 6.45) is -0.512. The zero-order chi connectivity index (χ0) is 19.7. The van der Waals surface area contributed by atoms with Crippen molar-refractivity contribution in [3.63, 3.8) is 0 Å². The van der Waals surface area contributed by atoms with E-state index >= 15 is 0 Å². The molecule has 4 rings (SSSR count). The lowest BCUT2D eigenvalue weighted by molar-refractivity contribution is 0.0696. The third-order valence-electron chi connectivity index (χ3n) is 4.74. The number of rotatable bonds is 4. The topological polar surface area (TPSA) is 78.9 Å². The normalized spacial score (nSPS) is 15.5. The van der Waals surface area contributed by atoms with Crippen molar-refractivity contribution in [2.45, 2.75) is 6.17 Å². The van der Waals surface area contributed by atoms with E-state index in [0.717, 1.165) is 11.3 Å². The van der Waals surface area contributed by atoms with Crippen molar-refractivity contribution < 1.29 is 19.4 Å². The first-order chi connectivity index (χ1) is 13.6. The predicted molar refractivity (Wildman–Crippen MR) is 106 cm³/mol. The minimum absolute atomic E-state index is 0.161. The van der Waals surface area contributed by atoms with Gasteiger partial charge in [0.1, 0.15) is 11.9 Å². The summed E-state index contributed by atoms with van der Waals surface area (Å²) in [5.41, 5.74) is 2.87. The van der Waals surface area contributed by atoms with Gasteiger partial charge in [0.25, 0.3) is 5.91 Å². The highest BCUT2D eigenvalue weighted by Crippen LogP contribution is 2.40. The van der Waals surface area contributed by atoms with Gasteiger partial charge in [0.05, 0.1) is 23.9 Å². The Morgan fingerprint density at radius 2 is 1.68 bits per heavy atom. The number of hydrogen-bond donors (Lipinski definition) is 2. The van der Waals surface area contributed by atoms with Gasteiger partial charge in [-0.25, -0.2) is 4.79 Å². The highest BCUT2D eigenvalue weighted by atomic mass is 16.5. The number of nitrogens with one attached hydrogen (secondary N) is 1. The van der Waals surface area contributed by atoms with Crippen molar-refractivity contribution >= 4 is 23.3 Å². The summed E-state index contributed by atoms with van der Waals surface area (Å²) in [6.45, 7) is 0. The van der Waals surface area contributed by atoms with Crippen molar-refractivity contribution in [2.24, 2.45) is 0 Å². The summed E-state index contributed by atoms with van der Waals surface area (Å²) in [5.74, 6) is -0.582. The standard InChI is InChI=1S/C22H18N2O4/c1-28-19-9-5-4-8-18(19)24-20(14-10-12-15(13-11-14)22(26)27)23-17-7-3-2-6-16(17)21(24)25/h2-13,20,23H,1H3,(H,26,27)/t20-/m0/s1. The molecule has 0 spiro atoms. The quantitative estimate of drug-likeness (QED) is 0.717. The van der Waals surface area contributed by atoms with Gasteiger partial charge in [-0.2, -0.15) is 0 Å². The van der Waals surface area contributed by atoms with E-state index in [9.17, 15) is 9.59 Å². The number of carbonyl (C=O) groups is 2. The van der Waals surface area contributed by atoms with Gasteiger partial charge in [-0.05, 0) is 42.0 Å². The summed E-state index contributed by atoms with van der Waals surface area (Å²) in [5, 5.41) is 12.6. The summed E-state index contributed by atoms with van der Waals surface area (Å²) in [7, 11) is 1.56. The van der Waals surface area contributed by atoms with Crippen LogP contribution in [0.25, 0.3) is 0 Å². The maximum atomic E-state index is 13.4. The number of para-hydroxylation sites is 3. The van der Waals surface area contributed by atoms with Crippen LogP contribution in [0.2, 0.25) is 0 Å². The number of carbonyl (C=O) groups excluding carboxylic acids is 1. The van der Waals surface area contributed by atoms with Crippen LogP contribution in [0.3, 0.4) is 0 Å². The van der Waals surface area contributed by atoms with Gasteiger partial charge in [-0.1, -0.05) is 36.4 Å². The molecule has 0 fully saturated rings. The van der Waals surface area contributed by atoms with Gasteiger partial charge in [-0.15, -0.1) is 0 Å². The van der Waals surface area contributed by atoms with Crippen molar-refractivity contribution in [1.82, 2.24) is 0 Å². The monoisotopic (exact) mass is 374 g/mol. The van der Waals surface area contributed by atoms with E-state index in [4.69, 9.17) is 9.84 Å². The molecule has 0 bridgehead atoms. The van der Waals surface area contributed by atoms with E-state index in [1.807, 2.05) is 36.4 Å². The molecular formula is C22H18N2O4. The van der Waals surface area contributed by atoms with E-state index in [1.165, 1.54) is 12.1 Å². The minimum Gasteiger partial charge on any atom is -0.495 e. The molecule has 1 atom stereocenters. The van der Waals surface area contributed by atoms with Crippen molar-refractivity contribution in [2.75, 3.05) is 17.3 Å². The zero-order valence-electron chi connectivity index (χ0n) is 15.1. The first kappa shape index (κ1) is 17.6. The van der Waals surface area contributed by atoms with Crippen LogP contribution in [-0.4, -0.2) is 24.1 Å². The number of methoxy groups -OCH3 is 1. The highest BCUT2D eigenvalue weighted by Gasteiger charge is 2.35. The summed E-state index contributed by atoms with van der Waals surface area (Å²) >= 11 is 0. The lowest BCUT2D eigenvalue weighted by Crippen LogP contribution is -2.43. The van der Waals surface area contributed by atoms with Crippen LogP contribution in [-0.2, 0) is 0 Å². The van der Waals surface area contributed by atoms with E-state index in [2.05, 4.69) is 5.32 Å². The van der Waals surface area contributed by atoms with Crippen molar-refractivity contribution in [1.29, 1.82) is 0 Å². The second-order valence-electron chi connectivity index (χ2n) is 6.37. The maximum absolute atomic E-state index is 13.4. The van der Waals surface area contributed by atoms with E-state index in [0.29, 0.717) is 17.0 Å². The Morgan fingerprint density at radius 3 is 2.39 bits per heavy atom. The molecule has 6 nitrogen and oxygen atoms in total. The van der Waals surface area contributed by atoms with E-state index in [1.54, 1.807) is 36.3 Å². The second kappa shape index (κ2) is 7.08. The van der Waals surface area contributed by atoms with Gasteiger partial charge in [0.2, 0.25) is 0 Å². The van der Waals surface area contributed by atoms with Crippen molar-refractivity contribution in [3.8, 4) is 5.75 Å². The van der Waals surface area contributed by atoms with Crippen LogP contribution in [0.1, 0.15) is 32.4 Å². The molecule has 0 radical (unpaired) electrons. The average molecular weight is 374 g/mol. The molecule has 28 heavy (non-hydrogen) atoms. The molecule has 1 aliphatic heterocycles. The Labute approximate surface area is 162 Å². The van der Waals surface area contributed by atoms with Gasteiger partial charge in [0, 0.05) is 5.69 Å². The largest absolute Gasteiger partial charge is 0.495 e.